The van der Waals surface area contributed by atoms with E-state index in [4.69, 9.17) is 14.2 Å². The Hall–Kier alpha value is -3.36. The van der Waals surface area contributed by atoms with Gasteiger partial charge in [0.1, 0.15) is 17.3 Å². The fourth-order valence-corrected chi connectivity index (χ4v) is 4.79. The average molecular weight is 481 g/mol. The lowest BCUT2D eigenvalue weighted by molar-refractivity contribution is -0.140. The number of ketones is 1. The van der Waals surface area contributed by atoms with E-state index in [-0.39, 0.29) is 11.3 Å². The Morgan fingerprint density at radius 1 is 1.06 bits per heavy atom. The van der Waals surface area contributed by atoms with Crippen molar-refractivity contribution >= 4 is 17.4 Å². The van der Waals surface area contributed by atoms with Gasteiger partial charge in [0, 0.05) is 37.3 Å². The smallest absolute Gasteiger partial charge is 0.295 e. The molecule has 1 atom stereocenters. The Kier molecular flexibility index (Phi) is 7.73. The molecular formula is C27H32N2O6. The normalized spacial score (nSPS) is 20.3. The van der Waals surface area contributed by atoms with Gasteiger partial charge >= 0.3 is 0 Å². The second kappa shape index (κ2) is 10.9. The largest absolute Gasteiger partial charge is 0.507 e. The molecule has 2 aliphatic rings. The second-order valence-corrected chi connectivity index (χ2v) is 8.72. The molecule has 0 spiro atoms. The number of ether oxygens (including phenoxy) is 3. The summed E-state index contributed by atoms with van der Waals surface area (Å²) in [5.74, 6) is -0.315. The number of aliphatic hydroxyl groups is 1. The third-order valence-electron chi connectivity index (χ3n) is 6.64. The molecule has 0 saturated carbocycles. The summed E-state index contributed by atoms with van der Waals surface area (Å²) >= 11 is 0. The van der Waals surface area contributed by atoms with E-state index in [0.717, 1.165) is 25.2 Å². The Balaban J connectivity index is 1.73. The van der Waals surface area contributed by atoms with Gasteiger partial charge in [0.25, 0.3) is 11.7 Å². The van der Waals surface area contributed by atoms with Gasteiger partial charge in [0.15, 0.2) is 0 Å². The van der Waals surface area contributed by atoms with E-state index in [1.165, 1.54) is 0 Å². The van der Waals surface area contributed by atoms with E-state index in [1.807, 2.05) is 25.1 Å². The number of para-hydroxylation sites is 1. The Morgan fingerprint density at radius 2 is 1.80 bits per heavy atom. The summed E-state index contributed by atoms with van der Waals surface area (Å²) in [6, 6.07) is 11.8. The van der Waals surface area contributed by atoms with Crippen molar-refractivity contribution in [3.05, 3.63) is 64.7 Å². The maximum Gasteiger partial charge on any atom is 0.295 e. The molecule has 2 aliphatic heterocycles. The van der Waals surface area contributed by atoms with E-state index in [9.17, 15) is 14.7 Å². The van der Waals surface area contributed by atoms with E-state index in [1.54, 1.807) is 43.4 Å². The van der Waals surface area contributed by atoms with Gasteiger partial charge in [0.2, 0.25) is 0 Å². The van der Waals surface area contributed by atoms with Gasteiger partial charge in [-0.05, 0) is 43.2 Å². The first kappa shape index (κ1) is 24.8. The molecule has 0 aromatic heterocycles. The van der Waals surface area contributed by atoms with Crippen LogP contribution >= 0.6 is 0 Å². The molecule has 1 N–H and O–H groups in total. The van der Waals surface area contributed by atoms with Crippen LogP contribution in [-0.4, -0.2) is 80.2 Å². The SMILES string of the molecule is COc1ccc(C(O)=C2C(=O)C(=O)N(CCCN3CCOCC3)[C@@H]2c2ccccc2OC)c(C)c1. The lowest BCUT2D eigenvalue weighted by Gasteiger charge is -2.29. The highest BCUT2D eigenvalue weighted by Crippen LogP contribution is 2.43. The maximum atomic E-state index is 13.3. The highest BCUT2D eigenvalue weighted by atomic mass is 16.5. The van der Waals surface area contributed by atoms with E-state index >= 15 is 0 Å². The van der Waals surface area contributed by atoms with E-state index in [0.29, 0.717) is 48.8 Å². The van der Waals surface area contributed by atoms with Crippen molar-refractivity contribution in [2.75, 3.05) is 53.6 Å². The minimum Gasteiger partial charge on any atom is -0.507 e. The number of nitrogens with zero attached hydrogens (tertiary/aromatic N) is 2. The third kappa shape index (κ3) is 5.04. The molecule has 0 aliphatic carbocycles. The monoisotopic (exact) mass is 480 g/mol. The summed E-state index contributed by atoms with van der Waals surface area (Å²) in [5.41, 5.74) is 1.95. The molecule has 2 heterocycles. The standard InChI is InChI=1S/C27H32N2O6/c1-18-17-19(33-2)9-10-20(18)25(30)23-24(21-7-4-5-8-22(21)34-3)29(27(32)26(23)31)12-6-11-28-13-15-35-16-14-28/h4-5,7-10,17,24,30H,6,11-16H2,1-3H3/t24-/m1/s1. The van der Waals surface area contributed by atoms with Gasteiger partial charge in [-0.1, -0.05) is 18.2 Å². The van der Waals surface area contributed by atoms with Gasteiger partial charge < -0.3 is 24.2 Å². The van der Waals surface area contributed by atoms with Crippen LogP contribution in [-0.2, 0) is 14.3 Å². The van der Waals surface area contributed by atoms with Crippen LogP contribution < -0.4 is 9.47 Å². The highest BCUT2D eigenvalue weighted by Gasteiger charge is 2.46. The summed E-state index contributed by atoms with van der Waals surface area (Å²) in [5, 5.41) is 11.4. The highest BCUT2D eigenvalue weighted by molar-refractivity contribution is 6.46. The molecule has 0 unspecified atom stereocenters. The number of aliphatic hydroxyl groups excluding tert-OH is 1. The lowest BCUT2D eigenvalue weighted by Crippen LogP contribution is -2.39. The van der Waals surface area contributed by atoms with Crippen LogP contribution in [0.5, 0.6) is 11.5 Å². The summed E-state index contributed by atoms with van der Waals surface area (Å²) in [6.07, 6.45) is 0.695. The number of rotatable bonds is 8. The molecule has 186 valence electrons. The topological polar surface area (TPSA) is 88.5 Å². The van der Waals surface area contributed by atoms with Crippen molar-refractivity contribution in [2.45, 2.75) is 19.4 Å². The van der Waals surface area contributed by atoms with E-state index < -0.39 is 17.7 Å². The van der Waals surface area contributed by atoms with Gasteiger partial charge in [-0.25, -0.2) is 0 Å². The molecule has 2 fully saturated rings. The first-order valence-corrected chi connectivity index (χ1v) is 11.8. The van der Waals surface area contributed by atoms with Crippen LogP contribution in [0.3, 0.4) is 0 Å². The molecular weight excluding hydrogens is 448 g/mol. The molecule has 8 nitrogen and oxygen atoms in total. The first-order valence-electron chi connectivity index (χ1n) is 11.8. The zero-order valence-corrected chi connectivity index (χ0v) is 20.5. The van der Waals surface area contributed by atoms with Crippen LogP contribution in [0.15, 0.2) is 48.0 Å². The van der Waals surface area contributed by atoms with E-state index in [2.05, 4.69) is 4.90 Å². The molecule has 2 saturated heterocycles. The number of hydrogen-bond acceptors (Lipinski definition) is 7. The van der Waals surface area contributed by atoms with Crippen LogP contribution in [0.2, 0.25) is 0 Å². The lowest BCUT2D eigenvalue weighted by atomic mass is 9.93. The average Bonchev–Trinajstić information content (AvgIpc) is 3.13. The minimum atomic E-state index is -0.752. The van der Waals surface area contributed by atoms with Crippen molar-refractivity contribution in [1.29, 1.82) is 0 Å². The first-order chi connectivity index (χ1) is 17.0. The Morgan fingerprint density at radius 3 is 2.49 bits per heavy atom. The Labute approximate surface area is 205 Å². The predicted octanol–water partition coefficient (Wildman–Crippen LogP) is 3.16. The number of likely N-dealkylation sites (tertiary alicyclic amines) is 1. The number of morpholine rings is 1. The number of carbonyl (C=O) groups is 2. The molecule has 0 bridgehead atoms. The molecule has 2 aromatic rings. The van der Waals surface area contributed by atoms with Gasteiger partial charge in [0.05, 0.1) is 39.0 Å². The minimum absolute atomic E-state index is 0.0686. The van der Waals surface area contributed by atoms with Crippen LogP contribution in [0.4, 0.5) is 0 Å². The van der Waals surface area contributed by atoms with Crippen LogP contribution in [0.1, 0.15) is 29.2 Å². The predicted molar refractivity (Wildman–Crippen MR) is 132 cm³/mol. The maximum absolute atomic E-state index is 13.3. The fourth-order valence-electron chi connectivity index (χ4n) is 4.79. The molecule has 4 rings (SSSR count). The Bertz CT molecular complexity index is 1120. The van der Waals surface area contributed by atoms with Gasteiger partial charge in [-0.2, -0.15) is 0 Å². The molecule has 0 radical (unpaired) electrons. The van der Waals surface area contributed by atoms with Crippen molar-refractivity contribution in [3.8, 4) is 11.5 Å². The summed E-state index contributed by atoms with van der Waals surface area (Å²) < 4.78 is 16.3. The fraction of sp³-hybridized carbons (Fsp3) is 0.407. The van der Waals surface area contributed by atoms with Crippen molar-refractivity contribution in [2.24, 2.45) is 0 Å². The molecule has 2 aromatic carbocycles. The zero-order valence-electron chi connectivity index (χ0n) is 20.5. The molecule has 8 heteroatoms. The summed E-state index contributed by atoms with van der Waals surface area (Å²) in [6.45, 7) is 6.11. The number of methoxy groups -OCH3 is 2. The summed E-state index contributed by atoms with van der Waals surface area (Å²) in [4.78, 5) is 30.4. The second-order valence-electron chi connectivity index (χ2n) is 8.72. The van der Waals surface area contributed by atoms with Crippen molar-refractivity contribution in [3.63, 3.8) is 0 Å². The third-order valence-corrected chi connectivity index (χ3v) is 6.64. The van der Waals surface area contributed by atoms with Gasteiger partial charge in [-0.15, -0.1) is 0 Å². The number of amides is 1. The van der Waals surface area contributed by atoms with Crippen molar-refractivity contribution < 1.29 is 28.9 Å². The van der Waals surface area contributed by atoms with Crippen LogP contribution in [0, 0.1) is 6.92 Å². The quantitative estimate of drug-likeness (QED) is 0.353. The molecule has 35 heavy (non-hydrogen) atoms. The number of benzene rings is 2. The van der Waals surface area contributed by atoms with Crippen LogP contribution in [0.25, 0.3) is 5.76 Å². The van der Waals surface area contributed by atoms with Gasteiger partial charge in [-0.3, -0.25) is 14.5 Å². The van der Waals surface area contributed by atoms with Crippen molar-refractivity contribution in [1.82, 2.24) is 9.80 Å². The molecule has 1 amide bonds. The number of aryl methyl sites for hydroxylation is 1. The number of hydrogen-bond donors (Lipinski definition) is 1. The number of carbonyl (C=O) groups excluding carboxylic acids is 2. The number of Topliss-reactive ketones (excluding diaryl/α,β-unsaturated/α-hetero) is 1. The summed E-state index contributed by atoms with van der Waals surface area (Å²) in [7, 11) is 3.12. The zero-order chi connectivity index (χ0) is 24.9.